The molecule has 120 valence electrons. The molecule has 0 aromatic heterocycles. The monoisotopic (exact) mass is 383 g/mol. The third-order valence-electron chi connectivity index (χ3n) is 2.85. The lowest BCUT2D eigenvalue weighted by Gasteiger charge is -2.06. The summed E-state index contributed by atoms with van der Waals surface area (Å²) < 4.78 is 6.02. The van der Waals surface area contributed by atoms with Crippen molar-refractivity contribution in [2.24, 2.45) is 5.10 Å². The number of halogens is 1. The van der Waals surface area contributed by atoms with Gasteiger partial charge in [-0.1, -0.05) is 42.5 Å². The van der Waals surface area contributed by atoms with Gasteiger partial charge in [-0.15, -0.1) is 0 Å². The molecule has 0 fully saturated rings. The van der Waals surface area contributed by atoms with Gasteiger partial charge in [0.2, 0.25) is 0 Å². The van der Waals surface area contributed by atoms with Crippen molar-refractivity contribution in [2.45, 2.75) is 0 Å². The molecular weight excluding hydrogens is 370 g/mol. The van der Waals surface area contributed by atoms with Crippen molar-refractivity contribution in [3.63, 3.8) is 0 Å². The molecule has 0 unspecified atom stereocenters. The van der Waals surface area contributed by atoms with Crippen LogP contribution in [-0.4, -0.2) is 18.7 Å². The summed E-state index contributed by atoms with van der Waals surface area (Å²) in [5, 5.41) is 12.8. The van der Waals surface area contributed by atoms with Gasteiger partial charge in [-0.05, 0) is 39.7 Å². The van der Waals surface area contributed by atoms with E-state index >= 15 is 0 Å². The Morgan fingerprint density at radius 3 is 2.67 bits per heavy atom. The summed E-state index contributed by atoms with van der Waals surface area (Å²) in [7, 11) is 0. The van der Waals surface area contributed by atoms with E-state index in [9.17, 15) is 4.79 Å². The minimum absolute atomic E-state index is 0.226. The molecule has 0 aliphatic heterocycles. The number of rotatable bonds is 6. The summed E-state index contributed by atoms with van der Waals surface area (Å²) in [5.74, 6) is -0.0525. The topological polar surface area (TPSA) is 74.5 Å². The summed E-state index contributed by atoms with van der Waals surface area (Å²) in [6.45, 7) is -0.226. The lowest BCUT2D eigenvalue weighted by Crippen LogP contribution is -2.24. The summed E-state index contributed by atoms with van der Waals surface area (Å²) in [4.78, 5) is 11.7. The van der Waals surface area contributed by atoms with Crippen LogP contribution >= 0.6 is 15.9 Å². The van der Waals surface area contributed by atoms with Crippen LogP contribution in [-0.2, 0) is 4.79 Å². The van der Waals surface area contributed by atoms with Crippen molar-refractivity contribution in [1.82, 2.24) is 5.43 Å². The van der Waals surface area contributed by atoms with E-state index < -0.39 is 5.91 Å². The zero-order valence-electron chi connectivity index (χ0n) is 12.6. The lowest BCUT2D eigenvalue weighted by molar-refractivity contribution is -0.123. The molecule has 0 heterocycles. The Morgan fingerprint density at radius 2 is 1.92 bits per heavy atom. The van der Waals surface area contributed by atoms with Crippen LogP contribution in [0.2, 0.25) is 0 Å². The number of nitrogens with one attached hydrogen (secondary N) is 1. The minimum Gasteiger partial charge on any atom is -0.482 e. The van der Waals surface area contributed by atoms with Gasteiger partial charge in [0.25, 0.3) is 5.91 Å². The number of ether oxygens (including phenoxy) is 1. The summed E-state index contributed by atoms with van der Waals surface area (Å²) >= 11 is 3.35. The number of nitriles is 1. The maximum absolute atomic E-state index is 11.7. The van der Waals surface area contributed by atoms with Gasteiger partial charge in [0.05, 0.1) is 11.8 Å². The second-order valence-electron chi connectivity index (χ2n) is 4.63. The number of benzene rings is 2. The zero-order valence-corrected chi connectivity index (χ0v) is 14.2. The largest absolute Gasteiger partial charge is 0.482 e. The highest BCUT2D eigenvalue weighted by molar-refractivity contribution is 9.12. The predicted octanol–water partition coefficient (Wildman–Crippen LogP) is 3.48. The third kappa shape index (κ3) is 5.71. The van der Waals surface area contributed by atoms with Crippen LogP contribution in [0.15, 0.2) is 64.2 Å². The van der Waals surface area contributed by atoms with Crippen LogP contribution in [0.1, 0.15) is 11.1 Å². The van der Waals surface area contributed by atoms with Crippen molar-refractivity contribution in [1.29, 1.82) is 5.26 Å². The second kappa shape index (κ2) is 9.28. The van der Waals surface area contributed by atoms with Gasteiger partial charge in [-0.2, -0.15) is 10.4 Å². The standard InChI is InChI=1S/C18H14BrN3O2/c19-16(10-14-6-2-1-3-7-14)12-21-22-18(23)13-24-17-9-5-4-8-15(17)11-20/h1-10,12H,13H2,(H,22,23)/b16-10+,21-12?. The van der Waals surface area contributed by atoms with E-state index in [1.54, 1.807) is 24.3 Å². The molecule has 0 radical (unpaired) electrons. The number of amides is 1. The van der Waals surface area contributed by atoms with E-state index in [-0.39, 0.29) is 6.61 Å². The van der Waals surface area contributed by atoms with Gasteiger partial charge in [-0.3, -0.25) is 4.79 Å². The number of hydrogen-bond donors (Lipinski definition) is 1. The Bertz CT molecular complexity index is 795. The van der Waals surface area contributed by atoms with Gasteiger partial charge in [-0.25, -0.2) is 5.43 Å². The highest BCUT2D eigenvalue weighted by atomic mass is 79.9. The Hall–Kier alpha value is -2.91. The first-order valence-electron chi connectivity index (χ1n) is 7.05. The molecule has 0 bridgehead atoms. The van der Waals surface area contributed by atoms with Crippen LogP contribution in [0.3, 0.4) is 0 Å². The molecule has 1 amide bonds. The van der Waals surface area contributed by atoms with Crippen LogP contribution in [0, 0.1) is 11.3 Å². The molecule has 0 aliphatic carbocycles. The molecule has 0 saturated heterocycles. The molecule has 2 aromatic rings. The predicted molar refractivity (Wildman–Crippen MR) is 96.6 cm³/mol. The van der Waals surface area contributed by atoms with Gasteiger partial charge in [0.1, 0.15) is 11.8 Å². The summed E-state index contributed by atoms with van der Waals surface area (Å²) in [6.07, 6.45) is 3.35. The quantitative estimate of drug-likeness (QED) is 0.612. The number of hydrazone groups is 1. The average molecular weight is 384 g/mol. The fraction of sp³-hybridized carbons (Fsp3) is 0.0556. The van der Waals surface area contributed by atoms with Gasteiger partial charge >= 0.3 is 0 Å². The van der Waals surface area contributed by atoms with Crippen LogP contribution in [0.4, 0.5) is 0 Å². The van der Waals surface area contributed by atoms with E-state index in [0.29, 0.717) is 15.8 Å². The Morgan fingerprint density at radius 1 is 1.21 bits per heavy atom. The molecule has 1 N–H and O–H groups in total. The molecule has 6 heteroatoms. The number of nitrogens with zero attached hydrogens (tertiary/aromatic N) is 2. The highest BCUT2D eigenvalue weighted by Gasteiger charge is 2.05. The fourth-order valence-corrected chi connectivity index (χ4v) is 2.14. The highest BCUT2D eigenvalue weighted by Crippen LogP contribution is 2.16. The number of allylic oxidation sites excluding steroid dienone is 1. The average Bonchev–Trinajstić information content (AvgIpc) is 2.61. The third-order valence-corrected chi connectivity index (χ3v) is 3.28. The number of hydrogen-bond acceptors (Lipinski definition) is 4. The number of carbonyl (C=O) groups excluding carboxylic acids is 1. The van der Waals surface area contributed by atoms with Crippen molar-refractivity contribution >= 4 is 34.1 Å². The van der Waals surface area contributed by atoms with Crippen molar-refractivity contribution < 1.29 is 9.53 Å². The molecule has 0 atom stereocenters. The lowest BCUT2D eigenvalue weighted by atomic mass is 10.2. The molecule has 0 aliphatic rings. The SMILES string of the molecule is N#Cc1ccccc1OCC(=O)NN=C/C(Br)=C\c1ccccc1. The van der Waals surface area contributed by atoms with E-state index in [4.69, 9.17) is 10.00 Å². The molecule has 24 heavy (non-hydrogen) atoms. The van der Waals surface area contributed by atoms with E-state index in [1.165, 1.54) is 6.21 Å². The van der Waals surface area contributed by atoms with E-state index in [0.717, 1.165) is 5.56 Å². The Labute approximate surface area is 148 Å². The second-order valence-corrected chi connectivity index (χ2v) is 5.55. The summed E-state index contributed by atoms with van der Waals surface area (Å²) in [5.41, 5.74) is 3.75. The van der Waals surface area contributed by atoms with E-state index in [2.05, 4.69) is 26.5 Å². The number of para-hydroxylation sites is 1. The molecule has 2 rings (SSSR count). The molecular formula is C18H14BrN3O2. The van der Waals surface area contributed by atoms with Gasteiger partial charge in [0, 0.05) is 4.48 Å². The smallest absolute Gasteiger partial charge is 0.277 e. The van der Waals surface area contributed by atoms with Crippen molar-refractivity contribution in [3.8, 4) is 11.8 Å². The van der Waals surface area contributed by atoms with Crippen LogP contribution in [0.5, 0.6) is 5.75 Å². The first-order chi connectivity index (χ1) is 11.7. The zero-order chi connectivity index (χ0) is 17.2. The Kier molecular flexibility index (Phi) is 6.74. The minimum atomic E-state index is -0.418. The molecule has 0 saturated carbocycles. The van der Waals surface area contributed by atoms with Crippen LogP contribution in [0.25, 0.3) is 6.08 Å². The van der Waals surface area contributed by atoms with Crippen molar-refractivity contribution in [3.05, 3.63) is 70.2 Å². The summed E-state index contributed by atoms with van der Waals surface area (Å²) in [6, 6.07) is 18.4. The first kappa shape index (κ1) is 17.4. The van der Waals surface area contributed by atoms with Gasteiger partial charge in [0.15, 0.2) is 6.61 Å². The normalized spacial score (nSPS) is 11.1. The Balaban J connectivity index is 1.83. The fourth-order valence-electron chi connectivity index (χ4n) is 1.77. The van der Waals surface area contributed by atoms with Crippen molar-refractivity contribution in [2.75, 3.05) is 6.61 Å². The van der Waals surface area contributed by atoms with Gasteiger partial charge < -0.3 is 4.74 Å². The molecule has 0 spiro atoms. The molecule has 5 nitrogen and oxygen atoms in total. The first-order valence-corrected chi connectivity index (χ1v) is 7.84. The molecule has 2 aromatic carbocycles. The maximum Gasteiger partial charge on any atom is 0.277 e. The van der Waals surface area contributed by atoms with E-state index in [1.807, 2.05) is 42.5 Å². The maximum atomic E-state index is 11.7. The van der Waals surface area contributed by atoms with Crippen LogP contribution < -0.4 is 10.2 Å². The number of carbonyl (C=O) groups is 1.